The van der Waals surface area contributed by atoms with Gasteiger partial charge in [-0.15, -0.1) is 0 Å². The second-order valence-electron chi connectivity index (χ2n) is 4.82. The molecule has 0 saturated heterocycles. The van der Waals surface area contributed by atoms with E-state index in [-0.39, 0.29) is 5.63 Å². The summed E-state index contributed by atoms with van der Waals surface area (Å²) in [6, 6.07) is 5.61. The molecule has 4 nitrogen and oxygen atoms in total. The summed E-state index contributed by atoms with van der Waals surface area (Å²) in [7, 11) is 3.86. The van der Waals surface area contributed by atoms with E-state index in [0.717, 1.165) is 16.7 Å². The molecule has 0 unspecified atom stereocenters. The van der Waals surface area contributed by atoms with Crippen LogP contribution >= 0.6 is 0 Å². The fraction of sp³-hybridized carbons (Fsp3) is 0.400. The Morgan fingerprint density at radius 1 is 1.32 bits per heavy atom. The van der Waals surface area contributed by atoms with Gasteiger partial charge in [0.05, 0.1) is 12.2 Å². The fourth-order valence-electron chi connectivity index (χ4n) is 2.13. The van der Waals surface area contributed by atoms with Crippen LogP contribution in [0.25, 0.3) is 11.0 Å². The maximum Gasteiger partial charge on any atom is 0.341 e. The molecule has 0 N–H and O–H groups in total. The Balaban J connectivity index is 2.59. The summed E-state index contributed by atoms with van der Waals surface area (Å²) in [5.41, 5.74) is 1.99. The van der Waals surface area contributed by atoms with Crippen LogP contribution in [0.15, 0.2) is 27.4 Å². The highest BCUT2D eigenvalue weighted by atomic mass is 16.5. The molecule has 2 aromatic rings. The smallest absolute Gasteiger partial charge is 0.341 e. The van der Waals surface area contributed by atoms with Crippen molar-refractivity contribution in [1.82, 2.24) is 4.90 Å². The lowest BCUT2D eigenvalue weighted by Gasteiger charge is -2.12. The Kier molecular flexibility index (Phi) is 3.90. The van der Waals surface area contributed by atoms with Crippen LogP contribution in [0.5, 0.6) is 5.75 Å². The van der Waals surface area contributed by atoms with Gasteiger partial charge in [0, 0.05) is 18.0 Å². The van der Waals surface area contributed by atoms with Crippen molar-refractivity contribution in [3.05, 3.63) is 39.7 Å². The molecule has 1 heterocycles. The minimum atomic E-state index is -0.271. The predicted molar refractivity (Wildman–Crippen MR) is 75.8 cm³/mol. The van der Waals surface area contributed by atoms with Crippen molar-refractivity contribution in [3.63, 3.8) is 0 Å². The van der Waals surface area contributed by atoms with Crippen LogP contribution in [-0.2, 0) is 6.54 Å². The normalized spacial score (nSPS) is 11.2. The molecule has 0 fully saturated rings. The first-order valence-corrected chi connectivity index (χ1v) is 6.36. The van der Waals surface area contributed by atoms with Crippen molar-refractivity contribution in [2.24, 2.45) is 0 Å². The Morgan fingerprint density at radius 2 is 2.05 bits per heavy atom. The second-order valence-corrected chi connectivity index (χ2v) is 4.82. The summed E-state index contributed by atoms with van der Waals surface area (Å²) in [5.74, 6) is 0.720. The van der Waals surface area contributed by atoms with E-state index in [4.69, 9.17) is 9.15 Å². The van der Waals surface area contributed by atoms with Gasteiger partial charge >= 0.3 is 5.63 Å². The van der Waals surface area contributed by atoms with Gasteiger partial charge in [0.1, 0.15) is 11.3 Å². The van der Waals surface area contributed by atoms with Gasteiger partial charge in [0.25, 0.3) is 0 Å². The zero-order valence-corrected chi connectivity index (χ0v) is 11.8. The number of fused-ring (bicyclic) bond motifs is 1. The lowest BCUT2D eigenvalue weighted by Crippen LogP contribution is -2.19. The Bertz CT molecular complexity index is 644. The molecular weight excluding hydrogens is 242 g/mol. The third-order valence-corrected chi connectivity index (χ3v) is 3.04. The van der Waals surface area contributed by atoms with Crippen LogP contribution in [0, 0.1) is 6.92 Å². The maximum atomic E-state index is 12.0. The molecule has 0 radical (unpaired) electrons. The van der Waals surface area contributed by atoms with Crippen molar-refractivity contribution in [1.29, 1.82) is 0 Å². The van der Waals surface area contributed by atoms with Crippen molar-refractivity contribution in [2.75, 3.05) is 20.7 Å². The minimum Gasteiger partial charge on any atom is -0.494 e. The average molecular weight is 261 g/mol. The molecule has 0 amide bonds. The van der Waals surface area contributed by atoms with E-state index in [0.29, 0.717) is 24.3 Å². The first-order valence-electron chi connectivity index (χ1n) is 6.36. The number of ether oxygens (including phenoxy) is 1. The number of hydrogen-bond donors (Lipinski definition) is 0. The second kappa shape index (κ2) is 5.45. The quantitative estimate of drug-likeness (QED) is 0.793. The van der Waals surface area contributed by atoms with Crippen LogP contribution in [0.2, 0.25) is 0 Å². The first-order chi connectivity index (χ1) is 9.02. The van der Waals surface area contributed by atoms with E-state index in [1.165, 1.54) is 0 Å². The van der Waals surface area contributed by atoms with Gasteiger partial charge in [0.2, 0.25) is 0 Å². The SMILES string of the molecule is CCOc1ccc2c(C)c(CN(C)C)c(=O)oc2c1. The van der Waals surface area contributed by atoms with Crippen LogP contribution in [-0.4, -0.2) is 25.6 Å². The van der Waals surface area contributed by atoms with Gasteiger partial charge in [-0.2, -0.15) is 0 Å². The standard InChI is InChI=1S/C15H19NO3/c1-5-18-11-6-7-12-10(2)13(9-16(3)4)15(17)19-14(12)8-11/h6-8H,5,9H2,1-4H3. The summed E-state index contributed by atoms with van der Waals surface area (Å²) >= 11 is 0. The van der Waals surface area contributed by atoms with Crippen molar-refractivity contribution < 1.29 is 9.15 Å². The Labute approximate surface area is 112 Å². The summed E-state index contributed by atoms with van der Waals surface area (Å²) in [4.78, 5) is 14.0. The van der Waals surface area contributed by atoms with E-state index >= 15 is 0 Å². The third-order valence-electron chi connectivity index (χ3n) is 3.04. The highest BCUT2D eigenvalue weighted by Crippen LogP contribution is 2.24. The molecule has 19 heavy (non-hydrogen) atoms. The molecule has 0 aliphatic carbocycles. The highest BCUT2D eigenvalue weighted by molar-refractivity contribution is 5.82. The number of rotatable bonds is 4. The molecule has 102 valence electrons. The zero-order valence-electron chi connectivity index (χ0n) is 11.8. The van der Waals surface area contributed by atoms with Crippen molar-refractivity contribution in [3.8, 4) is 5.75 Å². The highest BCUT2D eigenvalue weighted by Gasteiger charge is 2.12. The lowest BCUT2D eigenvalue weighted by atomic mass is 10.1. The van der Waals surface area contributed by atoms with Crippen LogP contribution in [0.1, 0.15) is 18.1 Å². The Hall–Kier alpha value is -1.81. The fourth-order valence-corrected chi connectivity index (χ4v) is 2.13. The van der Waals surface area contributed by atoms with Gasteiger partial charge in [-0.3, -0.25) is 0 Å². The molecule has 0 bridgehead atoms. The van der Waals surface area contributed by atoms with Gasteiger partial charge in [0.15, 0.2) is 0 Å². The molecular formula is C15H19NO3. The van der Waals surface area contributed by atoms with Crippen molar-refractivity contribution in [2.45, 2.75) is 20.4 Å². The number of benzene rings is 1. The molecule has 0 atom stereocenters. The third kappa shape index (κ3) is 2.79. The summed E-state index contributed by atoms with van der Waals surface area (Å²) in [6.45, 7) is 5.05. The van der Waals surface area contributed by atoms with E-state index in [9.17, 15) is 4.79 Å². The average Bonchev–Trinajstić information content (AvgIpc) is 2.34. The topological polar surface area (TPSA) is 42.7 Å². The summed E-state index contributed by atoms with van der Waals surface area (Å²) in [5, 5.41) is 0.958. The van der Waals surface area contributed by atoms with Gasteiger partial charge in [-0.1, -0.05) is 0 Å². The lowest BCUT2D eigenvalue weighted by molar-refractivity contribution is 0.340. The number of nitrogens with zero attached hydrogens (tertiary/aromatic N) is 1. The van der Waals surface area contributed by atoms with Crippen LogP contribution < -0.4 is 10.4 Å². The molecule has 0 aliphatic rings. The monoisotopic (exact) mass is 261 g/mol. The molecule has 0 spiro atoms. The maximum absolute atomic E-state index is 12.0. The van der Waals surface area contributed by atoms with Crippen LogP contribution in [0.4, 0.5) is 0 Å². The van der Waals surface area contributed by atoms with Gasteiger partial charge in [-0.25, -0.2) is 4.79 Å². The number of aryl methyl sites for hydroxylation is 1. The van der Waals surface area contributed by atoms with Crippen molar-refractivity contribution >= 4 is 11.0 Å². The largest absolute Gasteiger partial charge is 0.494 e. The Morgan fingerprint density at radius 3 is 2.68 bits per heavy atom. The van der Waals surface area contributed by atoms with E-state index in [1.54, 1.807) is 6.07 Å². The first kappa shape index (κ1) is 13.6. The molecule has 1 aromatic carbocycles. The van der Waals surface area contributed by atoms with E-state index in [1.807, 2.05) is 45.0 Å². The van der Waals surface area contributed by atoms with E-state index < -0.39 is 0 Å². The summed E-state index contributed by atoms with van der Waals surface area (Å²) in [6.07, 6.45) is 0. The minimum absolute atomic E-state index is 0.271. The number of hydrogen-bond acceptors (Lipinski definition) is 4. The molecule has 0 saturated carbocycles. The summed E-state index contributed by atoms with van der Waals surface area (Å²) < 4.78 is 10.8. The van der Waals surface area contributed by atoms with Crippen LogP contribution in [0.3, 0.4) is 0 Å². The predicted octanol–water partition coefficient (Wildman–Crippen LogP) is 2.56. The van der Waals surface area contributed by atoms with Gasteiger partial charge < -0.3 is 14.1 Å². The molecule has 0 aliphatic heterocycles. The molecule has 4 heteroatoms. The molecule has 1 aromatic heterocycles. The van der Waals surface area contributed by atoms with Gasteiger partial charge in [-0.05, 0) is 45.6 Å². The molecule has 2 rings (SSSR count). The zero-order chi connectivity index (χ0) is 14.0. The van der Waals surface area contributed by atoms with E-state index in [2.05, 4.69) is 0 Å².